The van der Waals surface area contributed by atoms with Crippen LogP contribution in [0.1, 0.15) is 25.8 Å². The number of hydrazine groups is 1. The van der Waals surface area contributed by atoms with Gasteiger partial charge >= 0.3 is 0 Å². The molecule has 1 fully saturated rings. The summed E-state index contributed by atoms with van der Waals surface area (Å²) in [6, 6.07) is 14.5. The molecule has 3 rings (SSSR count). The molecule has 0 bridgehead atoms. The average molecular weight is 415 g/mol. The number of carbonyl (C=O) groups is 2. The SMILES string of the molecule is CC[C@@H](C)Oc1ccc(Br)cc1/C=C1/C(=O)NN(c2ccccc2)C1=O. The van der Waals surface area contributed by atoms with Crippen LogP contribution in [0.3, 0.4) is 0 Å². The van der Waals surface area contributed by atoms with Crippen molar-refractivity contribution in [3.63, 3.8) is 0 Å². The van der Waals surface area contributed by atoms with Gasteiger partial charge in [0.15, 0.2) is 0 Å². The maximum atomic E-state index is 12.7. The van der Waals surface area contributed by atoms with E-state index in [0.29, 0.717) is 17.0 Å². The minimum atomic E-state index is -0.437. The maximum absolute atomic E-state index is 12.7. The number of amides is 2. The van der Waals surface area contributed by atoms with E-state index in [4.69, 9.17) is 4.74 Å². The third kappa shape index (κ3) is 3.80. The summed E-state index contributed by atoms with van der Waals surface area (Å²) < 4.78 is 6.76. The van der Waals surface area contributed by atoms with E-state index in [-0.39, 0.29) is 11.7 Å². The zero-order chi connectivity index (χ0) is 18.7. The van der Waals surface area contributed by atoms with Gasteiger partial charge in [0, 0.05) is 10.0 Å². The fourth-order valence-corrected chi connectivity index (χ4v) is 2.89. The molecule has 5 nitrogen and oxygen atoms in total. The number of benzene rings is 2. The highest BCUT2D eigenvalue weighted by molar-refractivity contribution is 9.10. The third-order valence-electron chi connectivity index (χ3n) is 4.08. The van der Waals surface area contributed by atoms with Crippen molar-refractivity contribution in [3.05, 3.63) is 64.1 Å². The first-order valence-corrected chi connectivity index (χ1v) is 9.17. The molecule has 26 heavy (non-hydrogen) atoms. The third-order valence-corrected chi connectivity index (χ3v) is 4.57. The van der Waals surface area contributed by atoms with Crippen LogP contribution in [0.25, 0.3) is 6.08 Å². The Balaban J connectivity index is 1.96. The van der Waals surface area contributed by atoms with E-state index in [9.17, 15) is 9.59 Å². The van der Waals surface area contributed by atoms with Crippen molar-refractivity contribution in [2.24, 2.45) is 0 Å². The lowest BCUT2D eigenvalue weighted by Gasteiger charge is -2.15. The lowest BCUT2D eigenvalue weighted by Crippen LogP contribution is -2.35. The predicted molar refractivity (Wildman–Crippen MR) is 105 cm³/mol. The van der Waals surface area contributed by atoms with Gasteiger partial charge in [-0.05, 0) is 49.8 Å². The van der Waals surface area contributed by atoms with E-state index in [1.54, 1.807) is 18.2 Å². The van der Waals surface area contributed by atoms with Crippen LogP contribution >= 0.6 is 15.9 Å². The van der Waals surface area contributed by atoms with Gasteiger partial charge in [0.05, 0.1) is 11.8 Å². The van der Waals surface area contributed by atoms with Crippen LogP contribution < -0.4 is 15.2 Å². The molecule has 2 aromatic carbocycles. The van der Waals surface area contributed by atoms with Crippen molar-refractivity contribution in [1.29, 1.82) is 0 Å². The van der Waals surface area contributed by atoms with Gasteiger partial charge < -0.3 is 4.74 Å². The average Bonchev–Trinajstić information content (AvgIpc) is 2.92. The molecule has 2 aromatic rings. The fraction of sp³-hybridized carbons (Fsp3) is 0.200. The van der Waals surface area contributed by atoms with Crippen molar-refractivity contribution in [1.82, 2.24) is 5.43 Å². The molecule has 1 heterocycles. The number of carbonyl (C=O) groups excluding carboxylic acids is 2. The van der Waals surface area contributed by atoms with E-state index in [0.717, 1.165) is 10.9 Å². The highest BCUT2D eigenvalue weighted by Crippen LogP contribution is 2.29. The molecule has 1 aliphatic heterocycles. The summed E-state index contributed by atoms with van der Waals surface area (Å²) in [6.07, 6.45) is 2.46. The number of ether oxygens (including phenoxy) is 1. The van der Waals surface area contributed by atoms with Crippen molar-refractivity contribution < 1.29 is 14.3 Å². The lowest BCUT2D eigenvalue weighted by molar-refractivity contribution is -0.117. The van der Waals surface area contributed by atoms with Gasteiger partial charge in [0.2, 0.25) is 0 Å². The molecule has 2 amide bonds. The van der Waals surface area contributed by atoms with Gasteiger partial charge in [-0.15, -0.1) is 0 Å². The minimum Gasteiger partial charge on any atom is -0.490 e. The van der Waals surface area contributed by atoms with E-state index < -0.39 is 11.8 Å². The molecule has 6 heteroatoms. The Morgan fingerprint density at radius 1 is 1.19 bits per heavy atom. The summed E-state index contributed by atoms with van der Waals surface area (Å²) in [4.78, 5) is 25.1. The van der Waals surface area contributed by atoms with Gasteiger partial charge in [0.25, 0.3) is 11.8 Å². The summed E-state index contributed by atoms with van der Waals surface area (Å²) in [5.41, 5.74) is 3.96. The first-order chi connectivity index (χ1) is 12.5. The molecule has 134 valence electrons. The van der Waals surface area contributed by atoms with Crippen molar-refractivity contribution in [2.45, 2.75) is 26.4 Å². The number of nitrogens with one attached hydrogen (secondary N) is 1. The van der Waals surface area contributed by atoms with Crippen LogP contribution in [-0.4, -0.2) is 17.9 Å². The predicted octanol–water partition coefficient (Wildman–Crippen LogP) is 4.09. The molecule has 1 atom stereocenters. The van der Waals surface area contributed by atoms with E-state index in [1.165, 1.54) is 5.01 Å². The van der Waals surface area contributed by atoms with Gasteiger partial charge in [-0.1, -0.05) is 41.1 Å². The van der Waals surface area contributed by atoms with Gasteiger partial charge in [-0.3, -0.25) is 15.0 Å². The van der Waals surface area contributed by atoms with Crippen LogP contribution in [0.4, 0.5) is 5.69 Å². The van der Waals surface area contributed by atoms with Crippen molar-refractivity contribution in [3.8, 4) is 5.75 Å². The van der Waals surface area contributed by atoms with Crippen LogP contribution in [0.5, 0.6) is 5.75 Å². The second kappa shape index (κ2) is 7.74. The first-order valence-electron chi connectivity index (χ1n) is 8.38. The minimum absolute atomic E-state index is 0.0299. The highest BCUT2D eigenvalue weighted by Gasteiger charge is 2.34. The van der Waals surface area contributed by atoms with E-state index in [2.05, 4.69) is 21.4 Å². The quantitative estimate of drug-likeness (QED) is 0.591. The highest BCUT2D eigenvalue weighted by atomic mass is 79.9. The molecular formula is C20H19BrN2O3. The van der Waals surface area contributed by atoms with Gasteiger partial charge in [0.1, 0.15) is 11.3 Å². The van der Waals surface area contributed by atoms with E-state index in [1.807, 2.05) is 50.2 Å². The summed E-state index contributed by atoms with van der Waals surface area (Å²) >= 11 is 3.43. The number of halogens is 1. The number of anilines is 1. The molecular weight excluding hydrogens is 396 g/mol. The van der Waals surface area contributed by atoms with Gasteiger partial charge in [-0.2, -0.15) is 0 Å². The van der Waals surface area contributed by atoms with Gasteiger partial charge in [-0.25, -0.2) is 5.01 Å². The van der Waals surface area contributed by atoms with Crippen LogP contribution in [0.2, 0.25) is 0 Å². The maximum Gasteiger partial charge on any atom is 0.282 e. The number of hydrogen-bond donors (Lipinski definition) is 1. The van der Waals surface area contributed by atoms with Crippen LogP contribution in [0, 0.1) is 0 Å². The molecule has 0 radical (unpaired) electrons. The molecule has 0 saturated carbocycles. The molecule has 1 saturated heterocycles. The molecule has 1 N–H and O–H groups in total. The largest absolute Gasteiger partial charge is 0.490 e. The molecule has 0 unspecified atom stereocenters. The summed E-state index contributed by atoms with van der Waals surface area (Å²) in [7, 11) is 0. The standard InChI is InChI=1S/C20H19BrN2O3/c1-3-13(2)26-18-10-9-15(21)11-14(18)12-17-19(24)22-23(20(17)25)16-7-5-4-6-8-16/h4-13H,3H2,1-2H3,(H,22,24)/b17-12-/t13-/m1/s1. The Morgan fingerprint density at radius 2 is 1.92 bits per heavy atom. The number of rotatable bonds is 5. The lowest BCUT2D eigenvalue weighted by atomic mass is 10.1. The molecule has 1 aliphatic rings. The van der Waals surface area contributed by atoms with Crippen molar-refractivity contribution in [2.75, 3.05) is 5.01 Å². The van der Waals surface area contributed by atoms with E-state index >= 15 is 0 Å². The Hall–Kier alpha value is -2.60. The first kappa shape index (κ1) is 18.2. The molecule has 0 spiro atoms. The fourth-order valence-electron chi connectivity index (χ4n) is 2.51. The zero-order valence-corrected chi connectivity index (χ0v) is 16.1. The summed E-state index contributed by atoms with van der Waals surface area (Å²) in [5.74, 6) is -0.196. The number of hydrogen-bond acceptors (Lipinski definition) is 3. The summed E-state index contributed by atoms with van der Waals surface area (Å²) in [5, 5.41) is 1.25. The zero-order valence-electron chi connectivity index (χ0n) is 14.5. The van der Waals surface area contributed by atoms with Crippen molar-refractivity contribution >= 4 is 39.5 Å². The molecule has 0 aliphatic carbocycles. The Kier molecular flexibility index (Phi) is 5.42. The Bertz CT molecular complexity index is 865. The van der Waals surface area contributed by atoms with Crippen LogP contribution in [0.15, 0.2) is 58.6 Å². The summed E-state index contributed by atoms with van der Waals surface area (Å²) in [6.45, 7) is 4.01. The topological polar surface area (TPSA) is 58.6 Å². The van der Waals surface area contributed by atoms with Crippen LogP contribution in [-0.2, 0) is 9.59 Å². The second-order valence-corrected chi connectivity index (χ2v) is 6.91. The number of para-hydroxylation sites is 1. The Labute approximate surface area is 160 Å². The molecule has 0 aromatic heterocycles. The monoisotopic (exact) mass is 414 g/mol. The second-order valence-electron chi connectivity index (χ2n) is 5.99. The number of nitrogens with zero attached hydrogens (tertiary/aromatic N) is 1. The smallest absolute Gasteiger partial charge is 0.282 e. The normalized spacial score (nSPS) is 16.7. The Morgan fingerprint density at radius 3 is 2.62 bits per heavy atom.